The van der Waals surface area contributed by atoms with E-state index in [4.69, 9.17) is 9.26 Å². The lowest BCUT2D eigenvalue weighted by Gasteiger charge is -2.17. The number of nitrogens with zero attached hydrogens (tertiary/aromatic N) is 2. The zero-order valence-electron chi connectivity index (χ0n) is 12.5. The molecule has 1 aromatic heterocycles. The maximum absolute atomic E-state index is 5.55. The van der Waals surface area contributed by atoms with Gasteiger partial charge in [0.2, 0.25) is 11.7 Å². The van der Waals surface area contributed by atoms with E-state index in [2.05, 4.69) is 29.3 Å². The van der Waals surface area contributed by atoms with Crippen molar-refractivity contribution in [3.8, 4) is 11.4 Å². The molecule has 1 aliphatic heterocycles. The van der Waals surface area contributed by atoms with Crippen LogP contribution in [0.5, 0.6) is 0 Å². The van der Waals surface area contributed by atoms with E-state index in [1.165, 1.54) is 0 Å². The van der Waals surface area contributed by atoms with Gasteiger partial charge in [-0.1, -0.05) is 42.4 Å². The van der Waals surface area contributed by atoms with Crippen molar-refractivity contribution in [3.63, 3.8) is 0 Å². The zero-order valence-corrected chi connectivity index (χ0v) is 12.5. The molecule has 5 heteroatoms. The molecule has 21 heavy (non-hydrogen) atoms. The quantitative estimate of drug-likeness (QED) is 0.916. The van der Waals surface area contributed by atoms with Gasteiger partial charge in [-0.05, 0) is 13.3 Å². The molecule has 1 fully saturated rings. The van der Waals surface area contributed by atoms with Crippen LogP contribution in [0.2, 0.25) is 0 Å². The van der Waals surface area contributed by atoms with Crippen molar-refractivity contribution < 1.29 is 9.26 Å². The first-order chi connectivity index (χ1) is 10.2. The molecule has 0 radical (unpaired) electrons. The van der Waals surface area contributed by atoms with E-state index in [1.54, 1.807) is 0 Å². The van der Waals surface area contributed by atoms with Gasteiger partial charge in [0.05, 0.1) is 6.10 Å². The average molecular weight is 287 g/mol. The molecular formula is C16H21N3O2. The van der Waals surface area contributed by atoms with Crippen molar-refractivity contribution in [3.05, 3.63) is 36.2 Å². The van der Waals surface area contributed by atoms with E-state index in [0.29, 0.717) is 17.8 Å². The standard InChI is InChI=1S/C16H21N3O2/c1-11(10-17-14-8-9-20-12(14)2)16-18-15(19-21-16)13-6-4-3-5-7-13/h3-7,11-12,14,17H,8-10H2,1-2H3/t11-,12-,14+/m1/s1. The zero-order chi connectivity index (χ0) is 14.7. The Kier molecular flexibility index (Phi) is 4.31. The fourth-order valence-corrected chi connectivity index (χ4v) is 2.56. The predicted molar refractivity (Wildman–Crippen MR) is 80.0 cm³/mol. The highest BCUT2D eigenvalue weighted by molar-refractivity contribution is 5.53. The van der Waals surface area contributed by atoms with Crippen LogP contribution in [0.15, 0.2) is 34.9 Å². The fourth-order valence-electron chi connectivity index (χ4n) is 2.56. The SMILES string of the molecule is C[C@H](CN[C@H]1CCO[C@@H]1C)c1nc(-c2ccccc2)no1. The minimum absolute atomic E-state index is 0.183. The highest BCUT2D eigenvalue weighted by Gasteiger charge is 2.25. The van der Waals surface area contributed by atoms with Crippen LogP contribution >= 0.6 is 0 Å². The van der Waals surface area contributed by atoms with Gasteiger partial charge in [0.25, 0.3) is 0 Å². The smallest absolute Gasteiger partial charge is 0.231 e. The summed E-state index contributed by atoms with van der Waals surface area (Å²) in [6.45, 7) is 5.85. The van der Waals surface area contributed by atoms with E-state index in [1.807, 2.05) is 30.3 Å². The first kappa shape index (κ1) is 14.2. The number of rotatable bonds is 5. The molecule has 1 aliphatic rings. The van der Waals surface area contributed by atoms with Crippen LogP contribution in [-0.2, 0) is 4.74 Å². The molecule has 0 unspecified atom stereocenters. The molecule has 2 aromatic rings. The minimum Gasteiger partial charge on any atom is -0.377 e. The fraction of sp³-hybridized carbons (Fsp3) is 0.500. The molecule has 1 N–H and O–H groups in total. The molecule has 2 heterocycles. The predicted octanol–water partition coefficient (Wildman–Crippen LogP) is 2.61. The summed E-state index contributed by atoms with van der Waals surface area (Å²) in [5, 5.41) is 7.59. The van der Waals surface area contributed by atoms with Crippen molar-refractivity contribution in [2.45, 2.75) is 38.3 Å². The van der Waals surface area contributed by atoms with Crippen LogP contribution in [0.3, 0.4) is 0 Å². The molecule has 112 valence electrons. The van der Waals surface area contributed by atoms with Gasteiger partial charge in [0, 0.05) is 30.7 Å². The molecule has 1 saturated heterocycles. The van der Waals surface area contributed by atoms with Crippen LogP contribution < -0.4 is 5.32 Å². The third-order valence-corrected chi connectivity index (χ3v) is 3.96. The monoisotopic (exact) mass is 287 g/mol. The summed E-state index contributed by atoms with van der Waals surface area (Å²) in [6.07, 6.45) is 1.34. The van der Waals surface area contributed by atoms with E-state index < -0.39 is 0 Å². The first-order valence-electron chi connectivity index (χ1n) is 7.48. The Morgan fingerprint density at radius 2 is 2.14 bits per heavy atom. The molecule has 0 spiro atoms. The van der Waals surface area contributed by atoms with Gasteiger partial charge in [-0.25, -0.2) is 0 Å². The van der Waals surface area contributed by atoms with Crippen molar-refractivity contribution in [2.24, 2.45) is 0 Å². The maximum Gasteiger partial charge on any atom is 0.231 e. The van der Waals surface area contributed by atoms with Crippen LogP contribution in [-0.4, -0.2) is 35.4 Å². The Labute approximate surface area is 124 Å². The van der Waals surface area contributed by atoms with Crippen LogP contribution in [0.25, 0.3) is 11.4 Å². The summed E-state index contributed by atoms with van der Waals surface area (Å²) in [5.41, 5.74) is 0.977. The van der Waals surface area contributed by atoms with Gasteiger partial charge in [-0.2, -0.15) is 4.98 Å². The van der Waals surface area contributed by atoms with Crippen molar-refractivity contribution in [1.29, 1.82) is 0 Å². The lowest BCUT2D eigenvalue weighted by atomic mass is 10.1. The number of hydrogen-bond donors (Lipinski definition) is 1. The molecule has 0 amide bonds. The molecule has 0 aliphatic carbocycles. The van der Waals surface area contributed by atoms with E-state index in [9.17, 15) is 0 Å². The third-order valence-electron chi connectivity index (χ3n) is 3.96. The first-order valence-corrected chi connectivity index (χ1v) is 7.48. The van der Waals surface area contributed by atoms with Gasteiger partial charge in [-0.3, -0.25) is 0 Å². The summed E-state index contributed by atoms with van der Waals surface area (Å²) in [5.74, 6) is 1.51. The highest BCUT2D eigenvalue weighted by atomic mass is 16.5. The summed E-state index contributed by atoms with van der Waals surface area (Å²) in [6, 6.07) is 10.3. The van der Waals surface area contributed by atoms with E-state index >= 15 is 0 Å². The Morgan fingerprint density at radius 1 is 1.33 bits per heavy atom. The second-order valence-corrected chi connectivity index (χ2v) is 5.60. The van der Waals surface area contributed by atoms with Crippen LogP contribution in [0, 0.1) is 0 Å². The Morgan fingerprint density at radius 3 is 2.86 bits per heavy atom. The van der Waals surface area contributed by atoms with Crippen LogP contribution in [0.4, 0.5) is 0 Å². The van der Waals surface area contributed by atoms with E-state index in [-0.39, 0.29) is 12.0 Å². The normalized spacial score (nSPS) is 23.3. The average Bonchev–Trinajstić information content (AvgIpc) is 3.15. The summed E-state index contributed by atoms with van der Waals surface area (Å²) in [4.78, 5) is 4.50. The lowest BCUT2D eigenvalue weighted by Crippen LogP contribution is -2.36. The number of hydrogen-bond acceptors (Lipinski definition) is 5. The molecule has 1 aromatic carbocycles. The molecule has 0 bridgehead atoms. The summed E-state index contributed by atoms with van der Waals surface area (Å²) < 4.78 is 10.9. The second-order valence-electron chi connectivity index (χ2n) is 5.60. The molecule has 3 atom stereocenters. The Bertz CT molecular complexity index is 570. The molecular weight excluding hydrogens is 266 g/mol. The highest BCUT2D eigenvalue weighted by Crippen LogP contribution is 2.20. The number of aromatic nitrogens is 2. The largest absolute Gasteiger partial charge is 0.377 e. The molecule has 5 nitrogen and oxygen atoms in total. The van der Waals surface area contributed by atoms with Gasteiger partial charge in [0.15, 0.2) is 0 Å². The van der Waals surface area contributed by atoms with Crippen molar-refractivity contribution in [1.82, 2.24) is 15.5 Å². The Balaban J connectivity index is 1.60. The van der Waals surface area contributed by atoms with Gasteiger partial charge >= 0.3 is 0 Å². The van der Waals surface area contributed by atoms with Gasteiger partial charge in [-0.15, -0.1) is 0 Å². The maximum atomic E-state index is 5.55. The summed E-state index contributed by atoms with van der Waals surface area (Å²) in [7, 11) is 0. The van der Waals surface area contributed by atoms with Crippen molar-refractivity contribution in [2.75, 3.05) is 13.2 Å². The number of benzene rings is 1. The van der Waals surface area contributed by atoms with Gasteiger partial charge < -0.3 is 14.6 Å². The minimum atomic E-state index is 0.183. The molecule has 3 rings (SSSR count). The topological polar surface area (TPSA) is 60.2 Å². The van der Waals surface area contributed by atoms with E-state index in [0.717, 1.165) is 25.1 Å². The molecule has 0 saturated carbocycles. The Hall–Kier alpha value is -1.72. The lowest BCUT2D eigenvalue weighted by molar-refractivity contribution is 0.113. The van der Waals surface area contributed by atoms with Crippen molar-refractivity contribution >= 4 is 0 Å². The van der Waals surface area contributed by atoms with Crippen LogP contribution in [0.1, 0.15) is 32.1 Å². The second kappa shape index (κ2) is 6.37. The third kappa shape index (κ3) is 3.31. The number of ether oxygens (including phenoxy) is 1. The number of nitrogens with one attached hydrogen (secondary N) is 1. The summed E-state index contributed by atoms with van der Waals surface area (Å²) >= 11 is 0. The van der Waals surface area contributed by atoms with Gasteiger partial charge in [0.1, 0.15) is 0 Å².